The predicted molar refractivity (Wildman–Crippen MR) is 169 cm³/mol. The zero-order valence-electron chi connectivity index (χ0n) is 24.7. The van der Waals surface area contributed by atoms with Gasteiger partial charge in [-0.1, -0.05) is 12.1 Å². The number of hydrogen-bond acceptors (Lipinski definition) is 8. The number of benzene rings is 1. The van der Waals surface area contributed by atoms with Gasteiger partial charge in [-0.2, -0.15) is 0 Å². The van der Waals surface area contributed by atoms with Crippen LogP contribution in [0.5, 0.6) is 0 Å². The zero-order chi connectivity index (χ0) is 29.6. The average molecular weight is 586 g/mol. The molecule has 4 aromatic rings. The Bertz CT molecular complexity index is 1540. The molecule has 4 heterocycles. The summed E-state index contributed by atoms with van der Waals surface area (Å²) in [4.78, 5) is 31.3. The summed E-state index contributed by atoms with van der Waals surface area (Å²) in [6, 6.07) is 17.4. The lowest BCUT2D eigenvalue weighted by molar-refractivity contribution is -0.00545. The van der Waals surface area contributed by atoms with Crippen LogP contribution in [-0.2, 0) is 4.74 Å². The lowest BCUT2D eigenvalue weighted by Crippen LogP contribution is -2.45. The summed E-state index contributed by atoms with van der Waals surface area (Å²) in [5.74, 6) is 0.773. The van der Waals surface area contributed by atoms with Crippen molar-refractivity contribution in [2.45, 2.75) is 63.2 Å². The van der Waals surface area contributed by atoms with E-state index in [2.05, 4.69) is 24.1 Å². The number of morpholine rings is 1. The Morgan fingerprint density at radius 2 is 1.86 bits per heavy atom. The van der Waals surface area contributed by atoms with E-state index in [9.17, 15) is 9.90 Å². The Labute approximate surface area is 251 Å². The van der Waals surface area contributed by atoms with E-state index in [4.69, 9.17) is 19.7 Å². The molecule has 9 heteroatoms. The van der Waals surface area contributed by atoms with Gasteiger partial charge in [-0.15, -0.1) is 11.8 Å². The van der Waals surface area contributed by atoms with Crippen LogP contribution in [0.1, 0.15) is 60.8 Å². The lowest BCUT2D eigenvalue weighted by atomic mass is 10.0. The fourth-order valence-electron chi connectivity index (χ4n) is 5.43. The summed E-state index contributed by atoms with van der Waals surface area (Å²) >= 11 is 1.63. The lowest BCUT2D eigenvalue weighted by Gasteiger charge is -2.36. The summed E-state index contributed by atoms with van der Waals surface area (Å²) in [7, 11) is 0. The number of aryl methyl sites for hydroxylation is 1. The number of ether oxygens (including phenoxy) is 1. The fourth-order valence-corrected chi connectivity index (χ4v) is 6.06. The normalized spacial score (nSPS) is 17.8. The van der Waals surface area contributed by atoms with Crippen LogP contribution in [0.4, 0.5) is 5.82 Å². The summed E-state index contributed by atoms with van der Waals surface area (Å²) in [5, 5.41) is 13.5. The number of nitrogens with one attached hydrogen (secondary N) is 1. The molecule has 5 rings (SSSR count). The molecular weight excluding hydrogens is 546 g/mol. The Balaban J connectivity index is 1.42. The van der Waals surface area contributed by atoms with Gasteiger partial charge in [-0.3, -0.25) is 9.78 Å². The highest BCUT2D eigenvalue weighted by atomic mass is 32.2. The second kappa shape index (κ2) is 13.6. The summed E-state index contributed by atoms with van der Waals surface area (Å²) in [6.45, 7) is 7.92. The summed E-state index contributed by atoms with van der Waals surface area (Å²) in [5.41, 5.74) is 4.88. The number of carbonyl (C=O) groups excluding carboxylic acids is 1. The Kier molecular flexibility index (Phi) is 9.72. The van der Waals surface area contributed by atoms with E-state index in [1.54, 1.807) is 11.8 Å². The number of pyridine rings is 3. The van der Waals surface area contributed by atoms with Crippen LogP contribution in [0.2, 0.25) is 0 Å². The van der Waals surface area contributed by atoms with Crippen LogP contribution in [0.15, 0.2) is 65.7 Å². The van der Waals surface area contributed by atoms with E-state index in [1.807, 2.05) is 74.0 Å². The molecule has 0 aliphatic carbocycles. The first-order valence-corrected chi connectivity index (χ1v) is 15.8. The van der Waals surface area contributed by atoms with Gasteiger partial charge in [0, 0.05) is 41.7 Å². The molecule has 3 atom stereocenters. The van der Waals surface area contributed by atoms with Crippen LogP contribution in [0, 0.1) is 6.92 Å². The smallest absolute Gasteiger partial charge is 0.251 e. The van der Waals surface area contributed by atoms with E-state index >= 15 is 0 Å². The second-order valence-electron chi connectivity index (χ2n) is 11.0. The molecule has 2 N–H and O–H groups in total. The number of amides is 1. The second-order valence-corrected chi connectivity index (χ2v) is 11.8. The van der Waals surface area contributed by atoms with E-state index < -0.39 is 0 Å². The molecule has 0 bridgehead atoms. The van der Waals surface area contributed by atoms with Gasteiger partial charge in [0.05, 0.1) is 40.8 Å². The molecule has 42 heavy (non-hydrogen) atoms. The fraction of sp³-hybridized carbons (Fsp3) is 0.394. The van der Waals surface area contributed by atoms with Crippen LogP contribution in [0.25, 0.3) is 22.3 Å². The highest BCUT2D eigenvalue weighted by Gasteiger charge is 2.24. The van der Waals surface area contributed by atoms with Gasteiger partial charge in [0.15, 0.2) is 0 Å². The van der Waals surface area contributed by atoms with Crippen LogP contribution in [0.3, 0.4) is 0 Å². The predicted octanol–water partition coefficient (Wildman–Crippen LogP) is 5.97. The van der Waals surface area contributed by atoms with Crippen molar-refractivity contribution in [2.24, 2.45) is 0 Å². The van der Waals surface area contributed by atoms with Gasteiger partial charge in [-0.05, 0) is 94.3 Å². The monoisotopic (exact) mass is 585 g/mol. The summed E-state index contributed by atoms with van der Waals surface area (Å²) in [6.07, 6.45) is 6.19. The number of thioether (sulfide) groups is 1. The first kappa shape index (κ1) is 29.9. The minimum absolute atomic E-state index is 0.111. The molecule has 0 spiro atoms. The largest absolute Gasteiger partial charge is 0.396 e. The summed E-state index contributed by atoms with van der Waals surface area (Å²) < 4.78 is 5.90. The van der Waals surface area contributed by atoms with E-state index in [1.165, 1.54) is 0 Å². The molecule has 1 saturated heterocycles. The van der Waals surface area contributed by atoms with Crippen molar-refractivity contribution < 1.29 is 14.6 Å². The van der Waals surface area contributed by atoms with Crippen molar-refractivity contribution in [3.05, 3.63) is 77.6 Å². The van der Waals surface area contributed by atoms with Gasteiger partial charge in [0.2, 0.25) is 0 Å². The first-order valence-electron chi connectivity index (χ1n) is 14.6. The molecular formula is C33H39N5O3S. The van der Waals surface area contributed by atoms with Crippen LogP contribution in [-0.4, -0.2) is 64.1 Å². The van der Waals surface area contributed by atoms with E-state index in [0.717, 1.165) is 63.8 Å². The molecule has 1 aromatic carbocycles. The minimum atomic E-state index is -0.315. The number of aromatic nitrogens is 3. The van der Waals surface area contributed by atoms with Crippen molar-refractivity contribution in [2.75, 3.05) is 30.9 Å². The Hall–Kier alpha value is -3.53. The Morgan fingerprint density at radius 1 is 1.07 bits per heavy atom. The number of aliphatic hydroxyl groups excluding tert-OH is 1. The van der Waals surface area contributed by atoms with Crippen molar-refractivity contribution >= 4 is 34.4 Å². The number of hydrogen-bond donors (Lipinski definition) is 2. The maximum Gasteiger partial charge on any atom is 0.251 e. The number of carbonyl (C=O) groups is 1. The topological polar surface area (TPSA) is 100 Å². The van der Waals surface area contributed by atoms with Crippen molar-refractivity contribution in [1.82, 2.24) is 20.3 Å². The number of nitrogens with zero attached hydrogens (tertiary/aromatic N) is 4. The van der Waals surface area contributed by atoms with Crippen LogP contribution >= 0.6 is 11.8 Å². The number of rotatable bonds is 10. The van der Waals surface area contributed by atoms with Gasteiger partial charge in [-0.25, -0.2) is 9.97 Å². The zero-order valence-corrected chi connectivity index (χ0v) is 25.5. The minimum Gasteiger partial charge on any atom is -0.396 e. The molecule has 1 aliphatic heterocycles. The maximum atomic E-state index is 13.3. The Morgan fingerprint density at radius 3 is 2.62 bits per heavy atom. The SMILES string of the molecule is CSc1cc(C(=O)NC(CCCCO)c2cc3nc(-c4cccc(N5CC(C)OC(C)C5)n4)ccc3cn2)ccc1C. The highest BCUT2D eigenvalue weighted by Crippen LogP contribution is 2.27. The molecule has 220 valence electrons. The van der Waals surface area contributed by atoms with Gasteiger partial charge < -0.3 is 20.1 Å². The standard InChI is InChI=1S/C33H39N5O3S/c1-21-11-12-24(16-31(21)42-4)33(40)37-27(8-5-6-15-39)30-17-29-25(18-34-30)13-14-28(35-29)26-9-7-10-32(36-26)38-19-22(2)41-23(3)20-38/h7,9-14,16-18,22-23,27,39H,5-6,8,15,19-20H2,1-4H3,(H,37,40). The number of aliphatic hydroxyl groups is 1. The molecule has 1 aliphatic rings. The third-order valence-corrected chi connectivity index (χ3v) is 8.45. The van der Waals surface area contributed by atoms with Gasteiger partial charge in [0.1, 0.15) is 5.82 Å². The van der Waals surface area contributed by atoms with Gasteiger partial charge in [0.25, 0.3) is 5.91 Å². The van der Waals surface area contributed by atoms with Crippen molar-refractivity contribution in [3.8, 4) is 11.4 Å². The van der Waals surface area contributed by atoms with E-state index in [-0.39, 0.29) is 30.8 Å². The van der Waals surface area contributed by atoms with E-state index in [0.29, 0.717) is 18.4 Å². The number of anilines is 1. The van der Waals surface area contributed by atoms with Crippen molar-refractivity contribution in [3.63, 3.8) is 0 Å². The molecule has 1 amide bonds. The number of unbranched alkanes of at least 4 members (excludes halogenated alkanes) is 1. The quantitative estimate of drug-likeness (QED) is 0.173. The molecule has 1 fully saturated rings. The average Bonchev–Trinajstić information content (AvgIpc) is 3.00. The van der Waals surface area contributed by atoms with Crippen molar-refractivity contribution in [1.29, 1.82) is 0 Å². The highest BCUT2D eigenvalue weighted by molar-refractivity contribution is 7.98. The maximum absolute atomic E-state index is 13.3. The molecule has 0 radical (unpaired) electrons. The van der Waals surface area contributed by atoms with Gasteiger partial charge >= 0.3 is 0 Å². The molecule has 8 nitrogen and oxygen atoms in total. The number of fused-ring (bicyclic) bond motifs is 1. The van der Waals surface area contributed by atoms with Crippen LogP contribution < -0.4 is 10.2 Å². The molecule has 0 saturated carbocycles. The molecule has 3 unspecified atom stereocenters. The third-order valence-electron chi connectivity index (χ3n) is 7.57. The first-order chi connectivity index (χ1) is 20.3. The molecule has 3 aromatic heterocycles. The third kappa shape index (κ3) is 7.09.